The van der Waals surface area contributed by atoms with Gasteiger partial charge in [-0.05, 0) is 25.7 Å². The Bertz CT molecular complexity index is 343. The number of methoxy groups -OCH3 is 1. The summed E-state index contributed by atoms with van der Waals surface area (Å²) in [6, 6.07) is 1.04. The predicted molar refractivity (Wildman–Crippen MR) is 85.2 cm³/mol. The Kier molecular flexibility index (Phi) is 5.67. The SMILES string of the molecule is COC1CCCCC1NC1CCN(C(=O)C(C)(C)C)CC1. The van der Waals surface area contributed by atoms with Crippen molar-refractivity contribution in [2.24, 2.45) is 5.41 Å². The smallest absolute Gasteiger partial charge is 0.227 e. The highest BCUT2D eigenvalue weighted by Crippen LogP contribution is 2.24. The average molecular weight is 296 g/mol. The first-order valence-corrected chi connectivity index (χ1v) is 8.50. The topological polar surface area (TPSA) is 41.6 Å². The summed E-state index contributed by atoms with van der Waals surface area (Å²) in [6.07, 6.45) is 7.49. The van der Waals surface area contributed by atoms with E-state index >= 15 is 0 Å². The number of carbonyl (C=O) groups excluding carboxylic acids is 1. The lowest BCUT2D eigenvalue weighted by molar-refractivity contribution is -0.140. The maximum atomic E-state index is 12.3. The molecule has 0 radical (unpaired) electrons. The number of nitrogens with zero attached hydrogens (tertiary/aromatic N) is 1. The molecule has 1 heterocycles. The first kappa shape index (κ1) is 16.8. The van der Waals surface area contributed by atoms with Gasteiger partial charge in [-0.1, -0.05) is 33.6 Å². The molecule has 2 rings (SSSR count). The normalized spacial score (nSPS) is 28.7. The van der Waals surface area contributed by atoms with Crippen LogP contribution in [0.4, 0.5) is 0 Å². The number of ether oxygens (including phenoxy) is 1. The van der Waals surface area contributed by atoms with E-state index < -0.39 is 0 Å². The average Bonchev–Trinajstić information content (AvgIpc) is 2.47. The molecule has 21 heavy (non-hydrogen) atoms. The largest absolute Gasteiger partial charge is 0.380 e. The van der Waals surface area contributed by atoms with E-state index in [4.69, 9.17) is 4.74 Å². The number of rotatable bonds is 3. The number of piperidine rings is 1. The van der Waals surface area contributed by atoms with Gasteiger partial charge in [-0.25, -0.2) is 0 Å². The lowest BCUT2D eigenvalue weighted by Crippen LogP contribution is -2.53. The summed E-state index contributed by atoms with van der Waals surface area (Å²) in [6.45, 7) is 7.79. The molecule has 2 unspecified atom stereocenters. The minimum atomic E-state index is -0.259. The summed E-state index contributed by atoms with van der Waals surface area (Å²) in [4.78, 5) is 14.3. The van der Waals surface area contributed by atoms with Crippen LogP contribution in [0.15, 0.2) is 0 Å². The molecule has 122 valence electrons. The van der Waals surface area contributed by atoms with Crippen molar-refractivity contribution in [1.82, 2.24) is 10.2 Å². The lowest BCUT2D eigenvalue weighted by Gasteiger charge is -2.39. The third-order valence-corrected chi connectivity index (χ3v) is 4.88. The van der Waals surface area contributed by atoms with Gasteiger partial charge in [0.2, 0.25) is 5.91 Å². The summed E-state index contributed by atoms with van der Waals surface area (Å²) < 4.78 is 5.62. The van der Waals surface area contributed by atoms with Crippen LogP contribution in [-0.4, -0.2) is 49.2 Å². The third kappa shape index (κ3) is 4.43. The Hall–Kier alpha value is -0.610. The molecule has 0 aromatic carbocycles. The van der Waals surface area contributed by atoms with Gasteiger partial charge in [-0.2, -0.15) is 0 Å². The maximum Gasteiger partial charge on any atom is 0.227 e. The van der Waals surface area contributed by atoms with Crippen LogP contribution in [-0.2, 0) is 9.53 Å². The van der Waals surface area contributed by atoms with Gasteiger partial charge in [-0.3, -0.25) is 4.79 Å². The fourth-order valence-corrected chi connectivity index (χ4v) is 3.60. The zero-order valence-corrected chi connectivity index (χ0v) is 14.2. The second-order valence-electron chi connectivity index (χ2n) is 7.65. The van der Waals surface area contributed by atoms with Crippen molar-refractivity contribution in [1.29, 1.82) is 0 Å². The van der Waals surface area contributed by atoms with Crippen molar-refractivity contribution in [3.63, 3.8) is 0 Å². The second-order valence-corrected chi connectivity index (χ2v) is 7.65. The van der Waals surface area contributed by atoms with Gasteiger partial charge in [0.15, 0.2) is 0 Å². The fraction of sp³-hybridized carbons (Fsp3) is 0.941. The highest BCUT2D eigenvalue weighted by molar-refractivity contribution is 5.81. The standard InChI is InChI=1S/C17H32N2O2/c1-17(2,3)16(20)19-11-9-13(10-12-19)18-14-7-5-6-8-15(14)21-4/h13-15,18H,5-12H2,1-4H3. The Morgan fingerprint density at radius 1 is 1.10 bits per heavy atom. The molecule has 1 aliphatic heterocycles. The van der Waals surface area contributed by atoms with Gasteiger partial charge in [0.1, 0.15) is 0 Å². The molecule has 4 heteroatoms. The Morgan fingerprint density at radius 3 is 2.29 bits per heavy atom. The number of nitrogens with one attached hydrogen (secondary N) is 1. The van der Waals surface area contributed by atoms with Crippen LogP contribution in [0.5, 0.6) is 0 Å². The Labute approximate surface area is 129 Å². The zero-order chi connectivity index (χ0) is 15.5. The molecule has 1 aliphatic carbocycles. The lowest BCUT2D eigenvalue weighted by atomic mass is 9.90. The van der Waals surface area contributed by atoms with E-state index in [2.05, 4.69) is 5.32 Å². The molecule has 0 bridgehead atoms. The highest BCUT2D eigenvalue weighted by atomic mass is 16.5. The van der Waals surface area contributed by atoms with E-state index in [0.717, 1.165) is 25.9 Å². The molecule has 2 aliphatic rings. The Balaban J connectivity index is 1.80. The molecule has 1 N–H and O–H groups in total. The molecule has 0 spiro atoms. The van der Waals surface area contributed by atoms with Crippen molar-refractivity contribution < 1.29 is 9.53 Å². The summed E-state index contributed by atoms with van der Waals surface area (Å²) in [7, 11) is 1.83. The van der Waals surface area contributed by atoms with Crippen molar-refractivity contribution in [2.45, 2.75) is 77.5 Å². The van der Waals surface area contributed by atoms with Gasteiger partial charge in [0.05, 0.1) is 6.10 Å². The monoisotopic (exact) mass is 296 g/mol. The number of carbonyl (C=O) groups is 1. The maximum absolute atomic E-state index is 12.3. The van der Waals surface area contributed by atoms with Crippen molar-refractivity contribution in [2.75, 3.05) is 20.2 Å². The van der Waals surface area contributed by atoms with Gasteiger partial charge >= 0.3 is 0 Å². The van der Waals surface area contributed by atoms with Crippen molar-refractivity contribution in [3.05, 3.63) is 0 Å². The van der Waals surface area contributed by atoms with Gasteiger partial charge < -0.3 is 15.0 Å². The van der Waals surface area contributed by atoms with E-state index in [1.165, 1.54) is 25.7 Å². The predicted octanol–water partition coefficient (Wildman–Crippen LogP) is 2.57. The van der Waals surface area contributed by atoms with Crippen LogP contribution >= 0.6 is 0 Å². The number of amides is 1. The van der Waals surface area contributed by atoms with E-state index in [1.54, 1.807) is 0 Å². The Morgan fingerprint density at radius 2 is 1.71 bits per heavy atom. The van der Waals surface area contributed by atoms with Crippen LogP contribution in [0.25, 0.3) is 0 Å². The van der Waals surface area contributed by atoms with Gasteiger partial charge in [0.25, 0.3) is 0 Å². The van der Waals surface area contributed by atoms with Crippen LogP contribution in [0.3, 0.4) is 0 Å². The van der Waals surface area contributed by atoms with E-state index in [1.807, 2.05) is 32.8 Å². The van der Waals surface area contributed by atoms with E-state index in [-0.39, 0.29) is 11.3 Å². The van der Waals surface area contributed by atoms with Crippen LogP contribution in [0, 0.1) is 5.41 Å². The summed E-state index contributed by atoms with van der Waals surface area (Å²) >= 11 is 0. The van der Waals surface area contributed by atoms with Crippen molar-refractivity contribution >= 4 is 5.91 Å². The molecule has 1 saturated heterocycles. The first-order valence-electron chi connectivity index (χ1n) is 8.50. The highest BCUT2D eigenvalue weighted by Gasteiger charge is 2.32. The summed E-state index contributed by atoms with van der Waals surface area (Å²) in [5.41, 5.74) is -0.259. The molecular formula is C17H32N2O2. The molecule has 4 nitrogen and oxygen atoms in total. The van der Waals surface area contributed by atoms with E-state index in [0.29, 0.717) is 18.2 Å². The summed E-state index contributed by atoms with van der Waals surface area (Å²) in [5.74, 6) is 0.286. The number of hydrogen-bond acceptors (Lipinski definition) is 3. The molecular weight excluding hydrogens is 264 g/mol. The van der Waals surface area contributed by atoms with Crippen LogP contribution < -0.4 is 5.32 Å². The molecule has 2 atom stereocenters. The molecule has 0 aromatic rings. The number of hydrogen-bond donors (Lipinski definition) is 1. The molecule has 1 saturated carbocycles. The summed E-state index contributed by atoms with van der Waals surface area (Å²) in [5, 5.41) is 3.79. The quantitative estimate of drug-likeness (QED) is 0.870. The molecule has 1 amide bonds. The van der Waals surface area contributed by atoms with Gasteiger partial charge in [0, 0.05) is 37.7 Å². The first-order chi connectivity index (χ1) is 9.91. The number of likely N-dealkylation sites (tertiary alicyclic amines) is 1. The van der Waals surface area contributed by atoms with Crippen LogP contribution in [0.1, 0.15) is 59.3 Å². The molecule has 0 aromatic heterocycles. The van der Waals surface area contributed by atoms with Crippen molar-refractivity contribution in [3.8, 4) is 0 Å². The fourth-order valence-electron chi connectivity index (χ4n) is 3.60. The minimum Gasteiger partial charge on any atom is -0.380 e. The second kappa shape index (κ2) is 7.10. The van der Waals surface area contributed by atoms with E-state index in [9.17, 15) is 4.79 Å². The third-order valence-electron chi connectivity index (χ3n) is 4.88. The minimum absolute atomic E-state index is 0.259. The van der Waals surface area contributed by atoms with Crippen LogP contribution in [0.2, 0.25) is 0 Å². The zero-order valence-electron chi connectivity index (χ0n) is 14.2. The molecule has 2 fully saturated rings. The van der Waals surface area contributed by atoms with Gasteiger partial charge in [-0.15, -0.1) is 0 Å².